The van der Waals surface area contributed by atoms with E-state index < -0.39 is 11.9 Å². The number of nitrogens with one attached hydrogen (secondary N) is 2. The second-order valence-corrected chi connectivity index (χ2v) is 6.72. The molecule has 148 valence electrons. The number of halogens is 1. The van der Waals surface area contributed by atoms with Crippen LogP contribution in [0.2, 0.25) is 0 Å². The van der Waals surface area contributed by atoms with Crippen molar-refractivity contribution in [2.75, 3.05) is 38.6 Å². The van der Waals surface area contributed by atoms with Gasteiger partial charge in [-0.25, -0.2) is 9.18 Å². The fraction of sp³-hybridized carbons (Fsp3) is 0.526. The van der Waals surface area contributed by atoms with E-state index in [1.54, 1.807) is 24.9 Å². The molecule has 2 atom stereocenters. The zero-order chi connectivity index (χ0) is 19.8. The van der Waals surface area contributed by atoms with Crippen LogP contribution in [0.1, 0.15) is 26.2 Å². The van der Waals surface area contributed by atoms with Crippen LogP contribution in [0.15, 0.2) is 24.3 Å². The lowest BCUT2D eigenvalue weighted by Gasteiger charge is -2.34. The number of likely N-dealkylation sites (N-methyl/N-ethyl adjacent to an activating group) is 1. The molecule has 0 spiro atoms. The van der Waals surface area contributed by atoms with Gasteiger partial charge in [0.25, 0.3) is 11.8 Å². The van der Waals surface area contributed by atoms with Crippen LogP contribution in [0.3, 0.4) is 0 Å². The molecule has 1 saturated heterocycles. The predicted molar refractivity (Wildman–Crippen MR) is 97.6 cm³/mol. The molecule has 27 heavy (non-hydrogen) atoms. The maximum absolute atomic E-state index is 13.2. The van der Waals surface area contributed by atoms with Gasteiger partial charge in [0.2, 0.25) is 0 Å². The van der Waals surface area contributed by atoms with Gasteiger partial charge in [-0.1, -0.05) is 6.07 Å². The number of nitrogens with zero attached hydrogens (tertiary/aromatic N) is 1. The Labute approximate surface area is 158 Å². The Morgan fingerprint density at radius 2 is 2.07 bits per heavy atom. The monoisotopic (exact) mass is 380 g/mol. The zero-order valence-corrected chi connectivity index (χ0v) is 15.8. The van der Waals surface area contributed by atoms with Gasteiger partial charge in [-0.15, -0.1) is 0 Å². The van der Waals surface area contributed by atoms with Crippen LogP contribution in [-0.4, -0.2) is 62.0 Å². The van der Waals surface area contributed by atoms with E-state index in [1.165, 1.54) is 18.2 Å². The Kier molecular flexibility index (Phi) is 7.72. The van der Waals surface area contributed by atoms with E-state index in [0.717, 1.165) is 12.8 Å². The van der Waals surface area contributed by atoms with Crippen LogP contribution in [0, 0.1) is 5.82 Å². The summed E-state index contributed by atoms with van der Waals surface area (Å²) < 4.78 is 18.2. The van der Waals surface area contributed by atoms with E-state index in [4.69, 9.17) is 4.74 Å². The first-order valence-corrected chi connectivity index (χ1v) is 9.23. The van der Waals surface area contributed by atoms with Gasteiger partial charge in [0.15, 0.2) is 13.1 Å². The molecule has 0 bridgehead atoms. The minimum Gasteiger partial charge on any atom is -0.464 e. The molecule has 1 aromatic carbocycles. The smallest absolute Gasteiger partial charge is 0.328 e. The maximum atomic E-state index is 13.2. The third-order valence-electron chi connectivity index (χ3n) is 4.41. The number of hydrogen-bond donors (Lipinski definition) is 2. The third kappa shape index (κ3) is 6.32. The van der Waals surface area contributed by atoms with Crippen molar-refractivity contribution in [3.8, 4) is 0 Å². The Balaban J connectivity index is 1.87. The first-order chi connectivity index (χ1) is 12.9. The Morgan fingerprint density at radius 1 is 1.30 bits per heavy atom. The van der Waals surface area contributed by atoms with Gasteiger partial charge in [0.1, 0.15) is 11.9 Å². The number of anilines is 1. The van der Waals surface area contributed by atoms with Crippen molar-refractivity contribution < 1.29 is 28.4 Å². The summed E-state index contributed by atoms with van der Waals surface area (Å²) in [6.45, 7) is 2.68. The molecule has 2 rings (SSSR count). The molecule has 1 aromatic rings. The van der Waals surface area contributed by atoms with Crippen LogP contribution in [-0.2, 0) is 19.1 Å². The lowest BCUT2D eigenvalue weighted by molar-refractivity contribution is -0.862. The molecule has 0 saturated carbocycles. The van der Waals surface area contributed by atoms with Crippen molar-refractivity contribution in [3.63, 3.8) is 0 Å². The van der Waals surface area contributed by atoms with Crippen LogP contribution in [0.4, 0.5) is 10.1 Å². The molecule has 2 amide bonds. The number of hydrogen-bond acceptors (Lipinski definition) is 4. The Morgan fingerprint density at radius 3 is 2.78 bits per heavy atom. The average molecular weight is 380 g/mol. The number of benzene rings is 1. The first-order valence-electron chi connectivity index (χ1n) is 9.23. The van der Waals surface area contributed by atoms with Gasteiger partial charge >= 0.3 is 5.97 Å². The number of carbonyl (C=O) groups is 3. The van der Waals surface area contributed by atoms with Crippen LogP contribution in [0.5, 0.6) is 0 Å². The second-order valence-electron chi connectivity index (χ2n) is 6.72. The van der Waals surface area contributed by atoms with Gasteiger partial charge in [-0.2, -0.15) is 0 Å². The zero-order valence-electron chi connectivity index (χ0n) is 15.8. The van der Waals surface area contributed by atoms with E-state index in [2.05, 4.69) is 5.32 Å². The van der Waals surface area contributed by atoms with Gasteiger partial charge in [-0.3, -0.25) is 9.59 Å². The summed E-state index contributed by atoms with van der Waals surface area (Å²) in [5.74, 6) is -1.29. The van der Waals surface area contributed by atoms with E-state index in [9.17, 15) is 18.8 Å². The summed E-state index contributed by atoms with van der Waals surface area (Å²) in [6, 6.07) is 5.09. The Bertz CT molecular complexity index is 683. The maximum Gasteiger partial charge on any atom is 0.328 e. The molecule has 1 unspecified atom stereocenters. The number of esters is 1. The molecule has 1 fully saturated rings. The average Bonchev–Trinajstić information content (AvgIpc) is 2.61. The van der Waals surface area contributed by atoms with Crippen molar-refractivity contribution in [2.24, 2.45) is 0 Å². The SMILES string of the molecule is CCOC(=O)[C@@H]1CCCCN1C(=O)C[NH+](C)CC(=O)Nc1cccc(F)c1. The quantitative estimate of drug-likeness (QED) is 0.664. The molecule has 1 heterocycles. The van der Waals surface area contributed by atoms with Crippen molar-refractivity contribution in [2.45, 2.75) is 32.2 Å². The number of amides is 2. The van der Waals surface area contributed by atoms with E-state index in [1.807, 2.05) is 0 Å². The van der Waals surface area contributed by atoms with E-state index in [-0.39, 0.29) is 37.5 Å². The van der Waals surface area contributed by atoms with Crippen molar-refractivity contribution in [1.29, 1.82) is 0 Å². The van der Waals surface area contributed by atoms with Crippen LogP contribution >= 0.6 is 0 Å². The highest BCUT2D eigenvalue weighted by molar-refractivity contribution is 5.91. The number of piperidine rings is 1. The second kappa shape index (κ2) is 10.0. The summed E-state index contributed by atoms with van der Waals surface area (Å²) in [4.78, 5) is 39.1. The molecule has 7 nitrogen and oxygen atoms in total. The number of likely N-dealkylation sites (tertiary alicyclic amines) is 1. The van der Waals surface area contributed by atoms with Crippen molar-refractivity contribution in [3.05, 3.63) is 30.1 Å². The molecule has 8 heteroatoms. The fourth-order valence-electron chi connectivity index (χ4n) is 3.18. The highest BCUT2D eigenvalue weighted by Crippen LogP contribution is 2.18. The van der Waals surface area contributed by atoms with Crippen LogP contribution < -0.4 is 10.2 Å². The van der Waals surface area contributed by atoms with E-state index in [0.29, 0.717) is 23.6 Å². The molecule has 2 N–H and O–H groups in total. The molecular weight excluding hydrogens is 353 g/mol. The number of rotatable bonds is 7. The normalized spacial score (nSPS) is 17.9. The third-order valence-corrected chi connectivity index (χ3v) is 4.41. The largest absolute Gasteiger partial charge is 0.464 e. The molecule has 0 aromatic heterocycles. The summed E-state index contributed by atoms with van der Waals surface area (Å²) in [7, 11) is 1.73. The topological polar surface area (TPSA) is 80.2 Å². The van der Waals surface area contributed by atoms with Crippen molar-refractivity contribution >= 4 is 23.5 Å². The summed E-state index contributed by atoms with van der Waals surface area (Å²) in [5, 5.41) is 2.61. The van der Waals surface area contributed by atoms with Gasteiger partial charge in [0, 0.05) is 12.2 Å². The molecule has 0 radical (unpaired) electrons. The van der Waals surface area contributed by atoms with Gasteiger partial charge < -0.3 is 19.9 Å². The van der Waals surface area contributed by atoms with Crippen LogP contribution in [0.25, 0.3) is 0 Å². The highest BCUT2D eigenvalue weighted by Gasteiger charge is 2.34. The highest BCUT2D eigenvalue weighted by atomic mass is 19.1. The number of quaternary nitrogens is 1. The number of ether oxygens (including phenoxy) is 1. The summed E-state index contributed by atoms with van der Waals surface area (Å²) in [6.07, 6.45) is 2.33. The first kappa shape index (κ1) is 20.8. The lowest BCUT2D eigenvalue weighted by atomic mass is 10.0. The minimum atomic E-state index is -0.542. The fourth-order valence-corrected chi connectivity index (χ4v) is 3.18. The standard InChI is InChI=1S/C19H26FN3O4/c1-3-27-19(26)16-9-4-5-10-23(16)18(25)13-22(2)12-17(24)21-15-8-6-7-14(20)11-15/h6-8,11,16H,3-5,9-10,12-13H2,1-2H3,(H,21,24)/p+1/t16-/m0/s1. The van der Waals surface area contributed by atoms with Crippen molar-refractivity contribution in [1.82, 2.24) is 4.90 Å². The lowest BCUT2D eigenvalue weighted by Crippen LogP contribution is -3.11. The molecular formula is C19H27FN3O4+. The molecule has 1 aliphatic heterocycles. The Hall–Kier alpha value is -2.48. The predicted octanol–water partition coefficient (Wildman–Crippen LogP) is 0.223. The van der Waals surface area contributed by atoms with E-state index >= 15 is 0 Å². The summed E-state index contributed by atoms with van der Waals surface area (Å²) in [5.41, 5.74) is 0.373. The molecule has 1 aliphatic rings. The van der Waals surface area contributed by atoms with Gasteiger partial charge in [-0.05, 0) is 44.4 Å². The summed E-state index contributed by atoms with van der Waals surface area (Å²) >= 11 is 0. The van der Waals surface area contributed by atoms with Gasteiger partial charge in [0.05, 0.1) is 13.7 Å². The number of carbonyl (C=O) groups excluding carboxylic acids is 3. The molecule has 0 aliphatic carbocycles. The minimum absolute atomic E-state index is 0.0557.